The largest absolute Gasteiger partial charge is 0.286 e. The maximum atomic E-state index is 2.60. The van der Waals surface area contributed by atoms with E-state index in [2.05, 4.69) is 45.0 Å². The molecule has 124 valence electrons. The standard InChI is InChI=1S/C16H21N4S.C2H6/c1-2-4-16-14(3-1)7-15(21-16)5-6-20-11-17-8-18(12-20)10-19(9-17)13-20;1-2/h1-4,7H,5-6,8-13H2;1-2H3/q+1;. The van der Waals surface area contributed by atoms with E-state index in [1.165, 1.54) is 67.5 Å². The molecule has 0 radical (unpaired) electrons. The van der Waals surface area contributed by atoms with Gasteiger partial charge in [-0.3, -0.25) is 4.48 Å². The Balaban J connectivity index is 0.000000652. The first-order valence-corrected chi connectivity index (χ1v) is 9.59. The molecule has 0 aliphatic carbocycles. The van der Waals surface area contributed by atoms with Gasteiger partial charge in [-0.2, -0.15) is 0 Å². The zero-order valence-corrected chi connectivity index (χ0v) is 15.1. The first-order chi connectivity index (χ1) is 11.3. The molecular weight excluding hydrogens is 304 g/mol. The number of thiophene rings is 1. The van der Waals surface area contributed by atoms with Gasteiger partial charge >= 0.3 is 0 Å². The predicted molar refractivity (Wildman–Crippen MR) is 96.7 cm³/mol. The molecule has 4 bridgehead atoms. The first kappa shape index (κ1) is 15.5. The third-order valence-corrected chi connectivity index (χ3v) is 6.18. The van der Waals surface area contributed by atoms with E-state index in [1.807, 2.05) is 25.2 Å². The number of fused-ring (bicyclic) bond motifs is 1. The minimum atomic E-state index is 1.18. The molecule has 4 fully saturated rings. The van der Waals surface area contributed by atoms with Crippen LogP contribution in [-0.4, -0.2) is 65.7 Å². The summed E-state index contributed by atoms with van der Waals surface area (Å²) in [5, 5.41) is 1.41. The lowest BCUT2D eigenvalue weighted by Crippen LogP contribution is -2.79. The van der Waals surface area contributed by atoms with Crippen LogP contribution in [0.3, 0.4) is 0 Å². The van der Waals surface area contributed by atoms with E-state index in [4.69, 9.17) is 0 Å². The minimum Gasteiger partial charge on any atom is -0.286 e. The van der Waals surface area contributed by atoms with Gasteiger partial charge in [-0.1, -0.05) is 32.0 Å². The van der Waals surface area contributed by atoms with Crippen LogP contribution in [0.1, 0.15) is 18.7 Å². The van der Waals surface area contributed by atoms with Crippen molar-refractivity contribution >= 4 is 21.4 Å². The van der Waals surface area contributed by atoms with Crippen molar-refractivity contribution < 1.29 is 4.48 Å². The second kappa shape index (κ2) is 6.15. The fourth-order valence-electron chi connectivity index (χ4n) is 4.38. The van der Waals surface area contributed by atoms with Gasteiger partial charge in [0.05, 0.1) is 26.6 Å². The molecule has 4 aliphatic rings. The van der Waals surface area contributed by atoms with E-state index in [-0.39, 0.29) is 0 Å². The predicted octanol–water partition coefficient (Wildman–Crippen LogP) is 2.98. The molecule has 1 aromatic heterocycles. The van der Waals surface area contributed by atoms with Crippen LogP contribution >= 0.6 is 11.3 Å². The Hall–Kier alpha value is -0.980. The van der Waals surface area contributed by atoms with Crippen molar-refractivity contribution in [1.29, 1.82) is 0 Å². The molecule has 0 saturated carbocycles. The summed E-state index contributed by atoms with van der Waals surface area (Å²) in [5.41, 5.74) is 0. The smallest absolute Gasteiger partial charge is 0.139 e. The normalized spacial score (nSPS) is 34.4. The topological polar surface area (TPSA) is 9.72 Å². The second-order valence-electron chi connectivity index (χ2n) is 6.93. The number of quaternary nitrogens is 1. The van der Waals surface area contributed by atoms with Gasteiger partial charge in [0.25, 0.3) is 0 Å². The quantitative estimate of drug-likeness (QED) is 0.801. The van der Waals surface area contributed by atoms with Gasteiger partial charge in [-0.05, 0) is 17.5 Å². The van der Waals surface area contributed by atoms with Gasteiger partial charge in [-0.25, -0.2) is 14.7 Å². The molecule has 0 spiro atoms. The third kappa shape index (κ3) is 2.92. The van der Waals surface area contributed by atoms with Gasteiger partial charge in [0, 0.05) is 16.0 Å². The fourth-order valence-corrected chi connectivity index (χ4v) is 5.43. The summed E-state index contributed by atoms with van der Waals surface area (Å²) in [7, 11) is 0. The highest BCUT2D eigenvalue weighted by Crippen LogP contribution is 2.31. The van der Waals surface area contributed by atoms with Crippen molar-refractivity contribution in [2.75, 3.05) is 46.6 Å². The van der Waals surface area contributed by atoms with Crippen molar-refractivity contribution in [3.05, 3.63) is 35.2 Å². The summed E-state index contributed by atoms with van der Waals surface area (Å²) in [5.74, 6) is 0. The molecule has 4 nitrogen and oxygen atoms in total. The van der Waals surface area contributed by atoms with Crippen molar-refractivity contribution in [3.63, 3.8) is 0 Å². The van der Waals surface area contributed by atoms with Crippen LogP contribution in [0.15, 0.2) is 30.3 Å². The van der Waals surface area contributed by atoms with Crippen LogP contribution in [0.4, 0.5) is 0 Å². The van der Waals surface area contributed by atoms with E-state index in [0.29, 0.717) is 0 Å². The van der Waals surface area contributed by atoms with Gasteiger partial charge < -0.3 is 0 Å². The van der Waals surface area contributed by atoms with E-state index >= 15 is 0 Å². The number of hydrogen-bond acceptors (Lipinski definition) is 4. The Kier molecular flexibility index (Phi) is 4.15. The molecular formula is C18H27N4S+. The lowest BCUT2D eigenvalue weighted by molar-refractivity contribution is -0.980. The highest BCUT2D eigenvalue weighted by atomic mass is 32.1. The van der Waals surface area contributed by atoms with Crippen LogP contribution in [0.2, 0.25) is 0 Å². The van der Waals surface area contributed by atoms with Crippen molar-refractivity contribution in [2.24, 2.45) is 0 Å². The Morgan fingerprint density at radius 1 is 0.957 bits per heavy atom. The molecule has 0 atom stereocenters. The molecule has 4 aliphatic heterocycles. The number of hydrogen-bond donors (Lipinski definition) is 0. The highest BCUT2D eigenvalue weighted by molar-refractivity contribution is 7.19. The van der Waals surface area contributed by atoms with Crippen molar-refractivity contribution in [3.8, 4) is 0 Å². The molecule has 4 saturated heterocycles. The summed E-state index contributed by atoms with van der Waals surface area (Å²) in [6.45, 7) is 12.6. The number of nitrogens with zero attached hydrogens (tertiary/aromatic N) is 4. The summed E-state index contributed by atoms with van der Waals surface area (Å²) in [4.78, 5) is 9.34. The van der Waals surface area contributed by atoms with Gasteiger partial charge in [0.15, 0.2) is 0 Å². The van der Waals surface area contributed by atoms with E-state index < -0.39 is 0 Å². The van der Waals surface area contributed by atoms with E-state index in [1.54, 1.807) is 4.88 Å². The van der Waals surface area contributed by atoms with Crippen LogP contribution in [-0.2, 0) is 6.42 Å². The average Bonchev–Trinajstić information content (AvgIpc) is 2.97. The Morgan fingerprint density at radius 2 is 1.57 bits per heavy atom. The van der Waals surface area contributed by atoms with Gasteiger partial charge in [-0.15, -0.1) is 11.3 Å². The second-order valence-corrected chi connectivity index (χ2v) is 8.10. The van der Waals surface area contributed by atoms with E-state index in [0.717, 1.165) is 0 Å². The zero-order valence-electron chi connectivity index (χ0n) is 14.2. The summed E-state index contributed by atoms with van der Waals surface area (Å²) in [6, 6.07) is 11.2. The summed E-state index contributed by atoms with van der Waals surface area (Å²) < 4.78 is 2.68. The van der Waals surface area contributed by atoms with Crippen molar-refractivity contribution in [1.82, 2.24) is 14.7 Å². The molecule has 0 N–H and O–H groups in total. The summed E-state index contributed by atoms with van der Waals surface area (Å²) in [6.07, 6.45) is 1.22. The SMILES string of the molecule is CC.c1ccc2sc(CC[N+]34CN5CN(CN(C5)C3)C4)cc2c1. The van der Waals surface area contributed by atoms with Crippen LogP contribution in [0, 0.1) is 0 Å². The minimum absolute atomic E-state index is 1.18. The third-order valence-electron chi connectivity index (χ3n) is 5.01. The Labute approximate surface area is 143 Å². The monoisotopic (exact) mass is 331 g/mol. The molecule has 0 unspecified atom stereocenters. The lowest BCUT2D eigenvalue weighted by atomic mass is 10.2. The summed E-state index contributed by atoms with van der Waals surface area (Å²) >= 11 is 1.98. The molecule has 5 heteroatoms. The number of benzene rings is 1. The molecule has 1 aromatic carbocycles. The average molecular weight is 332 g/mol. The van der Waals surface area contributed by atoms with Crippen molar-refractivity contribution in [2.45, 2.75) is 20.3 Å². The van der Waals surface area contributed by atoms with Gasteiger partial charge in [0.2, 0.25) is 0 Å². The van der Waals surface area contributed by atoms with Crippen LogP contribution in [0.25, 0.3) is 10.1 Å². The van der Waals surface area contributed by atoms with Crippen LogP contribution in [0.5, 0.6) is 0 Å². The highest BCUT2D eigenvalue weighted by Gasteiger charge is 2.48. The molecule has 6 rings (SSSR count). The fraction of sp³-hybridized carbons (Fsp3) is 0.556. The lowest BCUT2D eigenvalue weighted by Gasteiger charge is -2.60. The molecule has 5 heterocycles. The molecule has 23 heavy (non-hydrogen) atoms. The Bertz CT molecular complexity index is 612. The van der Waals surface area contributed by atoms with Crippen LogP contribution < -0.4 is 0 Å². The molecule has 0 amide bonds. The maximum absolute atomic E-state index is 2.60. The van der Waals surface area contributed by atoms with Gasteiger partial charge in [0.1, 0.15) is 20.0 Å². The zero-order chi connectivity index (χ0) is 15.9. The number of rotatable bonds is 3. The first-order valence-electron chi connectivity index (χ1n) is 8.78. The maximum Gasteiger partial charge on any atom is 0.139 e. The Morgan fingerprint density at radius 3 is 2.17 bits per heavy atom. The van der Waals surface area contributed by atoms with E-state index in [9.17, 15) is 0 Å². The molecule has 2 aromatic rings.